The van der Waals surface area contributed by atoms with Crippen molar-refractivity contribution in [1.29, 1.82) is 0 Å². The zero-order chi connectivity index (χ0) is 17.2. The summed E-state index contributed by atoms with van der Waals surface area (Å²) in [5.74, 6) is 0.775. The van der Waals surface area contributed by atoms with Gasteiger partial charge in [-0.05, 0) is 66.8 Å². The van der Waals surface area contributed by atoms with Crippen molar-refractivity contribution in [2.45, 2.75) is 25.8 Å². The van der Waals surface area contributed by atoms with Crippen molar-refractivity contribution in [3.63, 3.8) is 0 Å². The van der Waals surface area contributed by atoms with Gasteiger partial charge in [0.2, 0.25) is 0 Å². The molecule has 2 aromatic rings. The highest BCUT2D eigenvalue weighted by molar-refractivity contribution is 6.33. The first-order chi connectivity index (χ1) is 11.4. The van der Waals surface area contributed by atoms with Crippen LogP contribution in [0, 0.1) is 6.92 Å². The molecular weight excluding hydrogens is 326 g/mol. The molecule has 1 heterocycles. The Kier molecular flexibility index (Phi) is 3.44. The summed E-state index contributed by atoms with van der Waals surface area (Å²) in [6.07, 6.45) is 1.64. The summed E-state index contributed by atoms with van der Waals surface area (Å²) in [5, 5.41) is 21.1. The van der Waals surface area contributed by atoms with E-state index in [4.69, 9.17) is 16.3 Å². The molecule has 2 N–H and O–H groups in total. The Hall–Kier alpha value is -1.91. The highest BCUT2D eigenvalue weighted by Crippen LogP contribution is 2.54. The van der Waals surface area contributed by atoms with Crippen LogP contribution in [0.5, 0.6) is 17.2 Å². The van der Waals surface area contributed by atoms with Crippen LogP contribution in [0.1, 0.15) is 28.3 Å². The number of halogens is 1. The van der Waals surface area contributed by atoms with Crippen LogP contribution in [0.3, 0.4) is 0 Å². The van der Waals surface area contributed by atoms with Gasteiger partial charge in [-0.3, -0.25) is 4.90 Å². The average Bonchev–Trinajstić information content (AvgIpc) is 2.56. The topological polar surface area (TPSA) is 52.9 Å². The average molecular weight is 346 g/mol. The summed E-state index contributed by atoms with van der Waals surface area (Å²) >= 11 is 6.47. The van der Waals surface area contributed by atoms with Crippen molar-refractivity contribution in [3.05, 3.63) is 39.4 Å². The SMILES string of the molecule is COc1c(O)cc2c3c1-c1cc(C)c(O)c(Cl)c1CC3N(C)CC2. The molecular formula is C19H20ClNO3. The molecule has 4 rings (SSSR count). The molecule has 1 aliphatic heterocycles. The fourth-order valence-electron chi connectivity index (χ4n) is 4.13. The van der Waals surface area contributed by atoms with Gasteiger partial charge >= 0.3 is 0 Å². The molecule has 4 nitrogen and oxygen atoms in total. The van der Waals surface area contributed by atoms with Crippen LogP contribution in [0.25, 0.3) is 11.1 Å². The first-order valence-electron chi connectivity index (χ1n) is 8.08. The molecule has 0 amide bonds. The zero-order valence-electron chi connectivity index (χ0n) is 14.0. The molecule has 1 unspecified atom stereocenters. The molecule has 24 heavy (non-hydrogen) atoms. The first-order valence-corrected chi connectivity index (χ1v) is 8.46. The number of hydrogen-bond donors (Lipinski definition) is 2. The van der Waals surface area contributed by atoms with Gasteiger partial charge in [0, 0.05) is 18.2 Å². The van der Waals surface area contributed by atoms with Crippen LogP contribution in [0.15, 0.2) is 12.1 Å². The molecule has 0 aromatic heterocycles. The van der Waals surface area contributed by atoms with Crippen molar-refractivity contribution in [2.75, 3.05) is 20.7 Å². The zero-order valence-corrected chi connectivity index (χ0v) is 14.7. The molecule has 0 radical (unpaired) electrons. The van der Waals surface area contributed by atoms with Crippen molar-refractivity contribution >= 4 is 11.6 Å². The predicted octanol–water partition coefficient (Wildman–Crippen LogP) is 3.82. The minimum absolute atomic E-state index is 0.136. The lowest BCUT2D eigenvalue weighted by atomic mass is 9.76. The number of methoxy groups -OCH3 is 1. The lowest BCUT2D eigenvalue weighted by molar-refractivity contribution is 0.226. The fourth-order valence-corrected chi connectivity index (χ4v) is 4.46. The van der Waals surface area contributed by atoms with E-state index in [1.54, 1.807) is 7.11 Å². The van der Waals surface area contributed by atoms with Gasteiger partial charge in [0.1, 0.15) is 5.75 Å². The summed E-state index contributed by atoms with van der Waals surface area (Å²) in [4.78, 5) is 2.30. The number of hydrogen-bond acceptors (Lipinski definition) is 4. The van der Waals surface area contributed by atoms with E-state index < -0.39 is 0 Å². The number of aromatic hydroxyl groups is 2. The molecule has 5 heteroatoms. The van der Waals surface area contributed by atoms with E-state index in [0.717, 1.165) is 41.6 Å². The number of fused-ring (bicyclic) bond motifs is 2. The molecule has 0 saturated carbocycles. The molecule has 0 bridgehead atoms. The summed E-state index contributed by atoms with van der Waals surface area (Å²) < 4.78 is 5.54. The smallest absolute Gasteiger partial charge is 0.168 e. The number of phenolic OH excluding ortho intramolecular Hbond substituents is 2. The first kappa shape index (κ1) is 15.6. The van der Waals surface area contributed by atoms with E-state index in [-0.39, 0.29) is 17.5 Å². The maximum absolute atomic E-state index is 10.5. The Balaban J connectivity index is 2.13. The van der Waals surface area contributed by atoms with Gasteiger partial charge in [-0.1, -0.05) is 11.6 Å². The Bertz CT molecular complexity index is 863. The molecule has 2 aromatic carbocycles. The number of ether oxygens (including phenoxy) is 1. The normalized spacial score (nSPS) is 18.9. The summed E-state index contributed by atoms with van der Waals surface area (Å²) in [6.45, 7) is 2.76. The number of rotatable bonds is 1. The number of nitrogens with zero attached hydrogens (tertiary/aromatic N) is 1. The van der Waals surface area contributed by atoms with Crippen LogP contribution in [0.2, 0.25) is 5.02 Å². The third-order valence-electron chi connectivity index (χ3n) is 5.39. The van der Waals surface area contributed by atoms with Crippen molar-refractivity contribution in [3.8, 4) is 28.4 Å². The Labute approximate surface area is 146 Å². The van der Waals surface area contributed by atoms with E-state index in [0.29, 0.717) is 10.8 Å². The Morgan fingerprint density at radius 1 is 1.29 bits per heavy atom. The Morgan fingerprint density at radius 2 is 2.04 bits per heavy atom. The number of benzene rings is 2. The van der Waals surface area contributed by atoms with Gasteiger partial charge in [0.05, 0.1) is 12.1 Å². The molecule has 126 valence electrons. The third kappa shape index (κ3) is 1.96. The van der Waals surface area contributed by atoms with Crippen molar-refractivity contribution < 1.29 is 14.9 Å². The van der Waals surface area contributed by atoms with Crippen LogP contribution in [-0.2, 0) is 12.8 Å². The molecule has 0 fully saturated rings. The molecule has 0 saturated heterocycles. The second-order valence-electron chi connectivity index (χ2n) is 6.71. The highest BCUT2D eigenvalue weighted by Gasteiger charge is 2.37. The maximum Gasteiger partial charge on any atom is 0.168 e. The third-order valence-corrected chi connectivity index (χ3v) is 5.80. The molecule has 1 atom stereocenters. The van der Waals surface area contributed by atoms with Crippen LogP contribution in [0.4, 0.5) is 0 Å². The van der Waals surface area contributed by atoms with Gasteiger partial charge in [-0.2, -0.15) is 0 Å². The summed E-state index contributed by atoms with van der Waals surface area (Å²) in [5.41, 5.74) is 5.88. The predicted molar refractivity (Wildman–Crippen MR) is 94.3 cm³/mol. The standard InChI is InChI=1S/C19H20ClNO3/c1-9-6-11-12(17(20)18(9)23)8-13-15-10(4-5-21(13)2)7-14(22)19(24-3)16(11)15/h6-7,13,22-23H,4-5,8H2,1-3H3. The second kappa shape index (κ2) is 5.30. The second-order valence-corrected chi connectivity index (χ2v) is 7.09. The maximum atomic E-state index is 10.5. The van der Waals surface area contributed by atoms with E-state index in [1.807, 2.05) is 19.1 Å². The van der Waals surface area contributed by atoms with Crippen LogP contribution < -0.4 is 4.74 Å². The Morgan fingerprint density at radius 3 is 2.75 bits per heavy atom. The fraction of sp³-hybridized carbons (Fsp3) is 0.368. The van der Waals surface area contributed by atoms with E-state index >= 15 is 0 Å². The van der Waals surface area contributed by atoms with E-state index in [9.17, 15) is 10.2 Å². The van der Waals surface area contributed by atoms with Crippen LogP contribution in [-0.4, -0.2) is 35.8 Å². The molecule has 2 aliphatic rings. The minimum Gasteiger partial charge on any atom is -0.506 e. The summed E-state index contributed by atoms with van der Waals surface area (Å²) in [7, 11) is 3.67. The van der Waals surface area contributed by atoms with Gasteiger partial charge < -0.3 is 14.9 Å². The number of phenols is 2. The van der Waals surface area contributed by atoms with E-state index in [1.165, 1.54) is 11.1 Å². The number of aryl methyl sites for hydroxylation is 1. The van der Waals surface area contributed by atoms with Crippen molar-refractivity contribution in [1.82, 2.24) is 4.90 Å². The van der Waals surface area contributed by atoms with Crippen molar-refractivity contribution in [2.24, 2.45) is 0 Å². The molecule has 1 aliphatic carbocycles. The molecule has 0 spiro atoms. The largest absolute Gasteiger partial charge is 0.506 e. The quantitative estimate of drug-likeness (QED) is 0.825. The lowest BCUT2D eigenvalue weighted by Crippen LogP contribution is -2.35. The monoisotopic (exact) mass is 345 g/mol. The summed E-state index contributed by atoms with van der Waals surface area (Å²) in [6, 6.07) is 3.95. The lowest BCUT2D eigenvalue weighted by Gasteiger charge is -2.40. The van der Waals surface area contributed by atoms with Crippen LogP contribution >= 0.6 is 11.6 Å². The van der Waals surface area contributed by atoms with Gasteiger partial charge in [-0.15, -0.1) is 0 Å². The van der Waals surface area contributed by atoms with Gasteiger partial charge in [0.25, 0.3) is 0 Å². The number of likely N-dealkylation sites (N-methyl/N-ethyl adjacent to an activating group) is 1. The highest BCUT2D eigenvalue weighted by atomic mass is 35.5. The van der Waals surface area contributed by atoms with E-state index in [2.05, 4.69) is 11.9 Å². The minimum atomic E-state index is 0.136. The van der Waals surface area contributed by atoms with Gasteiger partial charge in [-0.25, -0.2) is 0 Å². The van der Waals surface area contributed by atoms with Gasteiger partial charge in [0.15, 0.2) is 11.5 Å².